The number of oxazole rings is 1. The average molecular weight is 339 g/mol. The maximum atomic E-state index is 11.1. The number of H-pyrrole nitrogens is 1. The van der Waals surface area contributed by atoms with Crippen LogP contribution in [0.25, 0.3) is 11.1 Å². The summed E-state index contributed by atoms with van der Waals surface area (Å²) >= 11 is 3.40. The fraction of sp³-hybridized carbons (Fsp3) is 0.0833. The van der Waals surface area contributed by atoms with E-state index in [1.54, 1.807) is 18.2 Å². The average Bonchev–Trinajstić information content (AvgIpc) is 3.02. The molecule has 3 aromatic rings. The van der Waals surface area contributed by atoms with Crippen LogP contribution in [0.3, 0.4) is 0 Å². The lowest BCUT2D eigenvalue weighted by atomic mass is 10.1. The Kier molecular flexibility index (Phi) is 2.94. The molecule has 0 aliphatic rings. The van der Waals surface area contributed by atoms with Crippen LogP contribution in [-0.2, 0) is 0 Å². The monoisotopic (exact) mass is 338 g/mol. The number of rotatable bonds is 3. The van der Waals surface area contributed by atoms with Gasteiger partial charge in [-0.15, -0.1) is 0 Å². The predicted octanol–water partition coefficient (Wildman–Crippen LogP) is 3.11. The van der Waals surface area contributed by atoms with E-state index in [-0.39, 0.29) is 10.7 Å². The third kappa shape index (κ3) is 2.14. The van der Waals surface area contributed by atoms with Crippen molar-refractivity contribution in [2.45, 2.75) is 4.83 Å². The van der Waals surface area contributed by atoms with Crippen LogP contribution in [0.4, 0.5) is 5.88 Å². The minimum atomic E-state index is -0.600. The third-order valence-electron chi connectivity index (χ3n) is 2.78. The summed E-state index contributed by atoms with van der Waals surface area (Å²) in [5.74, 6) is -0.454. The second-order valence-electron chi connectivity index (χ2n) is 4.07. The van der Waals surface area contributed by atoms with Crippen molar-refractivity contribution in [3.63, 3.8) is 0 Å². The Hall–Kier alpha value is -2.35. The van der Waals surface area contributed by atoms with E-state index in [1.807, 2.05) is 0 Å². The molecule has 0 amide bonds. The molecule has 0 fully saturated rings. The van der Waals surface area contributed by atoms with Gasteiger partial charge in [0.25, 0.3) is 0 Å². The van der Waals surface area contributed by atoms with Crippen molar-refractivity contribution in [2.75, 3.05) is 0 Å². The molecule has 0 spiro atoms. The topological polar surface area (TPSA) is 102 Å². The number of aromatic amines is 1. The van der Waals surface area contributed by atoms with Gasteiger partial charge in [-0.05, 0) is 23.8 Å². The van der Waals surface area contributed by atoms with Crippen LogP contribution in [0, 0.1) is 10.1 Å². The highest BCUT2D eigenvalue weighted by atomic mass is 79.9. The van der Waals surface area contributed by atoms with Crippen molar-refractivity contribution in [1.29, 1.82) is 0 Å². The van der Waals surface area contributed by atoms with E-state index >= 15 is 0 Å². The fourth-order valence-corrected chi connectivity index (χ4v) is 2.39. The van der Waals surface area contributed by atoms with Crippen molar-refractivity contribution in [3.05, 3.63) is 62.3 Å². The van der Waals surface area contributed by atoms with Crippen LogP contribution in [-0.4, -0.2) is 9.91 Å². The van der Waals surface area contributed by atoms with Crippen LogP contribution < -0.4 is 5.76 Å². The number of hydrogen-bond donors (Lipinski definition) is 1. The summed E-state index contributed by atoms with van der Waals surface area (Å²) in [6, 6.07) is 7.94. The SMILES string of the molecule is O=c1[nH]c2ccc(C(Br)c3ccc([N+](=O)[O-])o3)cc2o1. The molecule has 20 heavy (non-hydrogen) atoms. The standard InChI is InChI=1S/C12H7BrN2O5/c13-11(8-3-4-10(19-8)15(17)18)6-1-2-7-9(5-6)20-12(16)14-7/h1-5,11H,(H,14,16). The Bertz CT molecular complexity index is 847. The summed E-state index contributed by atoms with van der Waals surface area (Å²) in [6.07, 6.45) is 0. The molecule has 2 heterocycles. The summed E-state index contributed by atoms with van der Waals surface area (Å²) in [4.78, 5) is 23.2. The fourth-order valence-electron chi connectivity index (χ4n) is 1.86. The van der Waals surface area contributed by atoms with Gasteiger partial charge in [-0.2, -0.15) is 0 Å². The van der Waals surface area contributed by atoms with Gasteiger partial charge in [0, 0.05) is 0 Å². The molecule has 7 nitrogen and oxygen atoms in total. The Morgan fingerprint density at radius 2 is 2.05 bits per heavy atom. The molecule has 0 saturated heterocycles. The number of benzene rings is 1. The number of nitrogens with one attached hydrogen (secondary N) is 1. The summed E-state index contributed by atoms with van der Waals surface area (Å²) in [5, 5.41) is 10.6. The predicted molar refractivity (Wildman–Crippen MR) is 73.0 cm³/mol. The van der Waals surface area contributed by atoms with Crippen molar-refractivity contribution < 1.29 is 13.8 Å². The number of halogens is 1. The largest absolute Gasteiger partial charge is 0.433 e. The minimum absolute atomic E-state index is 0.321. The van der Waals surface area contributed by atoms with E-state index < -0.39 is 10.7 Å². The Morgan fingerprint density at radius 1 is 1.25 bits per heavy atom. The molecule has 1 unspecified atom stereocenters. The van der Waals surface area contributed by atoms with E-state index in [9.17, 15) is 14.9 Å². The van der Waals surface area contributed by atoms with E-state index in [0.29, 0.717) is 16.9 Å². The summed E-state index contributed by atoms with van der Waals surface area (Å²) in [7, 11) is 0. The number of nitro groups is 1. The van der Waals surface area contributed by atoms with Gasteiger partial charge in [-0.3, -0.25) is 15.1 Å². The first-order valence-electron chi connectivity index (χ1n) is 5.55. The summed E-state index contributed by atoms with van der Waals surface area (Å²) in [5.41, 5.74) is 1.76. The molecule has 0 aliphatic heterocycles. The summed E-state index contributed by atoms with van der Waals surface area (Å²) in [6.45, 7) is 0. The van der Waals surface area contributed by atoms with Gasteiger partial charge in [0.05, 0.1) is 16.4 Å². The number of nitrogens with zero attached hydrogens (tertiary/aromatic N) is 1. The highest BCUT2D eigenvalue weighted by Gasteiger charge is 2.19. The molecule has 1 N–H and O–H groups in total. The first-order valence-corrected chi connectivity index (χ1v) is 6.47. The smallest absolute Gasteiger partial charge is 0.408 e. The van der Waals surface area contributed by atoms with Gasteiger partial charge >= 0.3 is 11.6 Å². The molecule has 8 heteroatoms. The highest BCUT2D eigenvalue weighted by Crippen LogP contribution is 2.34. The molecule has 102 valence electrons. The number of aromatic nitrogens is 1. The first-order chi connectivity index (χ1) is 9.54. The van der Waals surface area contributed by atoms with Crippen LogP contribution >= 0.6 is 15.9 Å². The maximum Gasteiger partial charge on any atom is 0.433 e. The molecule has 0 bridgehead atoms. The zero-order valence-electron chi connectivity index (χ0n) is 9.83. The Labute approximate surface area is 119 Å². The van der Waals surface area contributed by atoms with Crippen molar-refractivity contribution in [1.82, 2.24) is 4.98 Å². The molecule has 1 atom stereocenters. The maximum absolute atomic E-state index is 11.1. The van der Waals surface area contributed by atoms with Crippen molar-refractivity contribution in [2.24, 2.45) is 0 Å². The van der Waals surface area contributed by atoms with E-state index in [4.69, 9.17) is 8.83 Å². The number of furan rings is 1. The van der Waals surface area contributed by atoms with Crippen LogP contribution in [0.5, 0.6) is 0 Å². The van der Waals surface area contributed by atoms with Crippen LogP contribution in [0.15, 0.2) is 44.0 Å². The first kappa shape index (κ1) is 12.7. The molecule has 1 aromatic carbocycles. The number of alkyl halides is 1. The molecular formula is C12H7BrN2O5. The molecule has 3 rings (SSSR count). The normalized spacial score (nSPS) is 12.7. The lowest BCUT2D eigenvalue weighted by Crippen LogP contribution is -1.92. The second-order valence-corrected chi connectivity index (χ2v) is 4.98. The van der Waals surface area contributed by atoms with E-state index in [1.165, 1.54) is 12.1 Å². The Balaban J connectivity index is 1.99. The van der Waals surface area contributed by atoms with Gasteiger partial charge in [-0.1, -0.05) is 22.0 Å². The zero-order valence-corrected chi connectivity index (χ0v) is 11.4. The van der Waals surface area contributed by atoms with Gasteiger partial charge in [0.1, 0.15) is 10.7 Å². The van der Waals surface area contributed by atoms with Crippen LogP contribution in [0.1, 0.15) is 16.2 Å². The van der Waals surface area contributed by atoms with Crippen LogP contribution in [0.2, 0.25) is 0 Å². The van der Waals surface area contributed by atoms with Crippen molar-refractivity contribution >= 4 is 32.9 Å². The highest BCUT2D eigenvalue weighted by molar-refractivity contribution is 9.09. The molecule has 0 radical (unpaired) electrons. The minimum Gasteiger partial charge on any atom is -0.408 e. The van der Waals surface area contributed by atoms with Gasteiger partial charge in [0.15, 0.2) is 5.58 Å². The lowest BCUT2D eigenvalue weighted by molar-refractivity contribution is -0.402. The van der Waals surface area contributed by atoms with Crippen molar-refractivity contribution in [3.8, 4) is 0 Å². The molecule has 0 aliphatic carbocycles. The van der Waals surface area contributed by atoms with Gasteiger partial charge in [-0.25, -0.2) is 4.79 Å². The quantitative estimate of drug-likeness (QED) is 0.449. The zero-order chi connectivity index (χ0) is 14.3. The molecule has 0 saturated carbocycles. The molecule has 2 aromatic heterocycles. The number of fused-ring (bicyclic) bond motifs is 1. The second kappa shape index (κ2) is 4.64. The summed E-state index contributed by atoms with van der Waals surface area (Å²) < 4.78 is 10.1. The Morgan fingerprint density at radius 3 is 2.75 bits per heavy atom. The molecular weight excluding hydrogens is 332 g/mol. The van der Waals surface area contributed by atoms with E-state index in [0.717, 1.165) is 5.56 Å². The number of hydrogen-bond acceptors (Lipinski definition) is 5. The van der Waals surface area contributed by atoms with E-state index in [2.05, 4.69) is 20.9 Å². The third-order valence-corrected chi connectivity index (χ3v) is 3.76. The lowest BCUT2D eigenvalue weighted by Gasteiger charge is -2.06. The van der Waals surface area contributed by atoms with Gasteiger partial charge < -0.3 is 8.83 Å². The van der Waals surface area contributed by atoms with Gasteiger partial charge in [0.2, 0.25) is 0 Å².